The number of nitrogens with zero attached hydrogens (tertiary/aromatic N) is 1. The first-order valence-electron chi connectivity index (χ1n) is 12.0. The van der Waals surface area contributed by atoms with Crippen LogP contribution in [0.2, 0.25) is 0 Å². The van der Waals surface area contributed by atoms with Crippen LogP contribution in [0.1, 0.15) is 47.8 Å². The second-order valence-electron chi connectivity index (χ2n) is 7.93. The summed E-state index contributed by atoms with van der Waals surface area (Å²) in [6.45, 7) is 20.2. The average molecular weight is 527 g/mol. The van der Waals surface area contributed by atoms with Crippen molar-refractivity contribution in [2.75, 3.05) is 45.9 Å². The van der Waals surface area contributed by atoms with Crippen LogP contribution in [0.3, 0.4) is 0 Å². The molecule has 0 radical (unpaired) electrons. The Morgan fingerprint density at radius 2 is 1.43 bits per heavy atom. The zero-order chi connectivity index (χ0) is 27.2. The Morgan fingerprint density at radius 1 is 0.971 bits per heavy atom. The Labute approximate surface area is 206 Å². The van der Waals surface area contributed by atoms with Crippen molar-refractivity contribution < 1.29 is 43.6 Å². The number of ether oxygens (including phenoxy) is 1. The molecule has 1 fully saturated rings. The van der Waals surface area contributed by atoms with Crippen LogP contribution in [0.5, 0.6) is 0 Å². The molecule has 4 atom stereocenters. The van der Waals surface area contributed by atoms with E-state index < -0.39 is 50.2 Å². The van der Waals surface area contributed by atoms with Gasteiger partial charge in [-0.1, -0.05) is 0 Å². The number of aromatic nitrogens is 2. The number of rotatable bonds is 10. The zero-order valence-electron chi connectivity index (χ0n) is 21.6. The van der Waals surface area contributed by atoms with Gasteiger partial charge < -0.3 is 43.6 Å². The molecule has 0 aliphatic carbocycles. The third-order valence-electron chi connectivity index (χ3n) is 5.86. The molecule has 35 heavy (non-hydrogen) atoms. The molecule has 0 amide bonds. The molecule has 0 spiro atoms. The monoisotopic (exact) mass is 526 g/mol. The van der Waals surface area contributed by atoms with Crippen LogP contribution in [0.15, 0.2) is 21.9 Å². The molecule has 0 saturated carbocycles. The van der Waals surface area contributed by atoms with Crippen molar-refractivity contribution in [3.8, 4) is 0 Å². The summed E-state index contributed by atoms with van der Waals surface area (Å²) in [4.78, 5) is 48.5. The number of phosphoric ester groups is 1. The van der Waals surface area contributed by atoms with Gasteiger partial charge in [-0.25, -0.2) is 4.79 Å². The summed E-state index contributed by atoms with van der Waals surface area (Å²) >= 11 is 0. The maximum absolute atomic E-state index is 11.6. The first-order valence-corrected chi connectivity index (χ1v) is 13.5. The number of hydrogen-bond donors (Lipinski definition) is 5. The van der Waals surface area contributed by atoms with Crippen LogP contribution in [-0.2, 0) is 13.8 Å². The SMILES string of the molecule is CC[NH+](CC)CC.CC[NH+](CC)CC.O=c1ccn([C@@H]2O[C@H](COP(=O)([O-])[O-])[C@@H](O)[C@H]2O)c(=O)[nH]1. The van der Waals surface area contributed by atoms with Gasteiger partial charge in [-0.15, -0.1) is 0 Å². The standard InChI is InChI=1S/C9H13N2O9P.2C6H15N/c12-5-1-2-11(9(15)10-5)8-7(14)6(13)4(20-8)3-19-21(16,17)18;2*1-4-7(5-2)6-3/h1-2,4,6-8,13-14H,3H2,(H,10,12,15)(H2,16,17,18);2*4-6H2,1-3H3/t4-,6-,7-,8-;;/m1../s1. The minimum absolute atomic E-state index is 0.664. The van der Waals surface area contributed by atoms with Crippen molar-refractivity contribution >= 4 is 7.82 Å². The van der Waals surface area contributed by atoms with Gasteiger partial charge in [0.2, 0.25) is 0 Å². The summed E-state index contributed by atoms with van der Waals surface area (Å²) in [5, 5.41) is 19.5. The molecule has 5 N–H and O–H groups in total. The molecular formula is C21H43N4O9P. The van der Waals surface area contributed by atoms with E-state index in [0.717, 1.165) is 16.8 Å². The summed E-state index contributed by atoms with van der Waals surface area (Å²) in [7, 11) is -5.26. The topological polar surface area (TPSA) is 186 Å². The molecule has 0 aromatic carbocycles. The number of quaternary nitrogens is 2. The fourth-order valence-electron chi connectivity index (χ4n) is 3.39. The van der Waals surface area contributed by atoms with Crippen molar-refractivity contribution in [1.82, 2.24) is 9.55 Å². The minimum atomic E-state index is -5.26. The molecule has 14 heteroatoms. The average Bonchev–Trinajstić information content (AvgIpc) is 3.09. The number of H-pyrrole nitrogens is 1. The van der Waals surface area contributed by atoms with Gasteiger partial charge in [-0.05, 0) is 41.5 Å². The second kappa shape index (κ2) is 17.1. The Morgan fingerprint density at radius 3 is 1.77 bits per heavy atom. The van der Waals surface area contributed by atoms with Crippen LogP contribution >= 0.6 is 7.82 Å². The molecule has 0 unspecified atom stereocenters. The number of phosphoric acid groups is 1. The molecule has 1 saturated heterocycles. The molecule has 206 valence electrons. The molecule has 13 nitrogen and oxygen atoms in total. The van der Waals surface area contributed by atoms with Crippen molar-refractivity contribution in [3.63, 3.8) is 0 Å². The van der Waals surface area contributed by atoms with E-state index in [1.54, 1.807) is 9.80 Å². The highest BCUT2D eigenvalue weighted by atomic mass is 31.2. The van der Waals surface area contributed by atoms with Gasteiger partial charge >= 0.3 is 5.69 Å². The fraction of sp³-hybridized carbons (Fsp3) is 0.810. The third-order valence-corrected chi connectivity index (χ3v) is 6.32. The first-order chi connectivity index (χ1) is 16.4. The third kappa shape index (κ3) is 12.4. The predicted molar refractivity (Wildman–Crippen MR) is 126 cm³/mol. The molecule has 1 aromatic heterocycles. The Hall–Kier alpha value is -1.41. The van der Waals surface area contributed by atoms with E-state index in [2.05, 4.69) is 46.1 Å². The number of aliphatic hydroxyl groups is 2. The minimum Gasteiger partial charge on any atom is -0.790 e. The fourth-order valence-corrected chi connectivity index (χ4v) is 3.72. The van der Waals surface area contributed by atoms with Crippen molar-refractivity contribution in [1.29, 1.82) is 0 Å². The highest BCUT2D eigenvalue weighted by Crippen LogP contribution is 2.32. The summed E-state index contributed by atoms with van der Waals surface area (Å²) in [6.07, 6.45) is -4.83. The van der Waals surface area contributed by atoms with Crippen molar-refractivity contribution in [2.45, 2.75) is 66.1 Å². The van der Waals surface area contributed by atoms with Gasteiger partial charge in [0.1, 0.15) is 18.3 Å². The predicted octanol–water partition coefficient (Wildman–Crippen LogP) is -4.14. The van der Waals surface area contributed by atoms with E-state index in [0.29, 0.717) is 0 Å². The maximum Gasteiger partial charge on any atom is 0.330 e. The Bertz CT molecular complexity index is 829. The lowest BCUT2D eigenvalue weighted by atomic mass is 10.1. The summed E-state index contributed by atoms with van der Waals surface area (Å²) < 4.78 is 20.3. The lowest BCUT2D eigenvalue weighted by Gasteiger charge is -2.30. The van der Waals surface area contributed by atoms with Crippen LogP contribution in [0, 0.1) is 0 Å². The van der Waals surface area contributed by atoms with Crippen LogP contribution < -0.4 is 30.8 Å². The quantitative estimate of drug-likeness (QED) is 0.189. The molecule has 0 bridgehead atoms. The zero-order valence-corrected chi connectivity index (χ0v) is 22.5. The van der Waals surface area contributed by atoms with E-state index in [4.69, 9.17) is 4.74 Å². The molecule has 1 aliphatic heterocycles. The number of nitrogens with one attached hydrogen (secondary N) is 3. The van der Waals surface area contributed by atoms with E-state index in [1.165, 1.54) is 39.3 Å². The van der Waals surface area contributed by atoms with Gasteiger partial charge in [0.15, 0.2) is 6.23 Å². The van der Waals surface area contributed by atoms with Crippen LogP contribution in [0.4, 0.5) is 0 Å². The maximum atomic E-state index is 11.6. The highest BCUT2D eigenvalue weighted by Gasteiger charge is 2.44. The number of aromatic amines is 1. The smallest absolute Gasteiger partial charge is 0.330 e. The van der Waals surface area contributed by atoms with E-state index in [9.17, 15) is 34.2 Å². The molecular weight excluding hydrogens is 483 g/mol. The van der Waals surface area contributed by atoms with Crippen molar-refractivity contribution in [3.05, 3.63) is 33.1 Å². The highest BCUT2D eigenvalue weighted by molar-refractivity contribution is 7.43. The Balaban J connectivity index is 0.000000680. The van der Waals surface area contributed by atoms with Gasteiger partial charge in [0.25, 0.3) is 5.56 Å². The second-order valence-corrected chi connectivity index (χ2v) is 9.08. The molecule has 1 aromatic rings. The van der Waals surface area contributed by atoms with Gasteiger partial charge in [-0.2, -0.15) is 0 Å². The van der Waals surface area contributed by atoms with E-state index in [1.807, 2.05) is 4.98 Å². The lowest BCUT2D eigenvalue weighted by molar-refractivity contribution is -0.894. The summed E-state index contributed by atoms with van der Waals surface area (Å²) in [6, 6.07) is 0.997. The van der Waals surface area contributed by atoms with Crippen molar-refractivity contribution in [2.24, 2.45) is 0 Å². The van der Waals surface area contributed by atoms with Gasteiger partial charge in [-0.3, -0.25) is 14.3 Å². The molecule has 2 heterocycles. The van der Waals surface area contributed by atoms with Gasteiger partial charge in [0.05, 0.1) is 53.7 Å². The summed E-state index contributed by atoms with van der Waals surface area (Å²) in [5.74, 6) is 0. The lowest BCUT2D eigenvalue weighted by Crippen LogP contribution is -3.11. The van der Waals surface area contributed by atoms with Crippen LogP contribution in [0.25, 0.3) is 0 Å². The normalized spacial score (nSPS) is 21.9. The first kappa shape index (κ1) is 33.6. The van der Waals surface area contributed by atoms with Gasteiger partial charge in [0, 0.05) is 12.3 Å². The number of aliphatic hydroxyl groups excluding tert-OH is 2. The molecule has 1 aliphatic rings. The Kier molecular flexibility index (Phi) is 16.4. The van der Waals surface area contributed by atoms with E-state index >= 15 is 0 Å². The van der Waals surface area contributed by atoms with E-state index in [-0.39, 0.29) is 0 Å². The summed E-state index contributed by atoms with van der Waals surface area (Å²) in [5.41, 5.74) is -1.55. The van der Waals surface area contributed by atoms with Crippen LogP contribution in [-0.4, -0.2) is 84.0 Å². The number of hydrogen-bond acceptors (Lipinski definition) is 9. The molecule has 2 rings (SSSR count). The largest absolute Gasteiger partial charge is 0.790 e.